The Hall–Kier alpha value is -0.900. The quantitative estimate of drug-likeness (QED) is 0.867. The van der Waals surface area contributed by atoms with Gasteiger partial charge in [0.25, 0.3) is 0 Å². The zero-order valence-corrected chi connectivity index (χ0v) is 13.0. The molecule has 1 aromatic carbocycles. The van der Waals surface area contributed by atoms with Crippen LogP contribution in [0.2, 0.25) is 0 Å². The summed E-state index contributed by atoms with van der Waals surface area (Å²) in [5.74, 6) is 0.540. The lowest BCUT2D eigenvalue weighted by molar-refractivity contribution is 0.158. The fraction of sp³-hybridized carbons (Fsp3) is 0.647. The minimum absolute atomic E-state index is 0.407. The van der Waals surface area contributed by atoms with Crippen LogP contribution in [0.3, 0.4) is 0 Å². The Balaban J connectivity index is 1.80. The molecule has 0 saturated carbocycles. The van der Waals surface area contributed by atoms with Gasteiger partial charge in [0.05, 0.1) is 6.10 Å². The molecule has 2 N–H and O–H groups in total. The van der Waals surface area contributed by atoms with Crippen molar-refractivity contribution in [2.75, 3.05) is 26.7 Å². The number of likely N-dealkylation sites (tertiary alicyclic amines) is 1. The number of aliphatic hydroxyl groups is 1. The van der Waals surface area contributed by atoms with Gasteiger partial charge in [-0.15, -0.1) is 0 Å². The third-order valence-electron chi connectivity index (χ3n) is 4.31. The van der Waals surface area contributed by atoms with Crippen molar-refractivity contribution < 1.29 is 5.11 Å². The summed E-state index contributed by atoms with van der Waals surface area (Å²) in [7, 11) is 2.17. The number of nitrogens with one attached hydrogen (secondary N) is 1. The number of aliphatic hydroxyl groups excluding tert-OH is 1. The summed E-state index contributed by atoms with van der Waals surface area (Å²) in [6, 6.07) is 8.90. The average molecular weight is 276 g/mol. The second kappa shape index (κ2) is 7.21. The molecule has 0 aromatic heterocycles. The van der Waals surface area contributed by atoms with E-state index in [0.29, 0.717) is 18.5 Å². The molecule has 1 aliphatic rings. The minimum atomic E-state index is -0.407. The van der Waals surface area contributed by atoms with E-state index in [-0.39, 0.29) is 0 Å². The Morgan fingerprint density at radius 1 is 1.15 bits per heavy atom. The molecule has 3 heteroatoms. The van der Waals surface area contributed by atoms with Gasteiger partial charge < -0.3 is 15.3 Å². The molecule has 1 aromatic rings. The molecule has 3 nitrogen and oxygen atoms in total. The van der Waals surface area contributed by atoms with Crippen LogP contribution in [0.5, 0.6) is 0 Å². The largest absolute Gasteiger partial charge is 0.387 e. The molecule has 1 aliphatic heterocycles. The van der Waals surface area contributed by atoms with E-state index in [0.717, 1.165) is 18.7 Å². The zero-order valence-electron chi connectivity index (χ0n) is 13.0. The van der Waals surface area contributed by atoms with Crippen molar-refractivity contribution in [2.24, 2.45) is 0 Å². The number of nitrogens with zero attached hydrogens (tertiary/aromatic N) is 1. The second-order valence-corrected chi connectivity index (χ2v) is 6.32. The molecule has 0 spiro atoms. The molecule has 0 radical (unpaired) electrons. The highest BCUT2D eigenvalue weighted by molar-refractivity contribution is 5.26. The molecular weight excluding hydrogens is 248 g/mol. The first-order chi connectivity index (χ1) is 9.56. The second-order valence-electron chi connectivity index (χ2n) is 6.32. The summed E-state index contributed by atoms with van der Waals surface area (Å²) in [5, 5.41) is 13.8. The van der Waals surface area contributed by atoms with Crippen molar-refractivity contribution >= 4 is 0 Å². The van der Waals surface area contributed by atoms with Crippen molar-refractivity contribution in [3.8, 4) is 0 Å². The molecule has 1 atom stereocenters. The van der Waals surface area contributed by atoms with Crippen LogP contribution >= 0.6 is 0 Å². The smallest absolute Gasteiger partial charge is 0.0914 e. The average Bonchev–Trinajstić information content (AvgIpc) is 2.46. The Morgan fingerprint density at radius 3 is 2.25 bits per heavy atom. The van der Waals surface area contributed by atoms with Crippen LogP contribution in [-0.4, -0.2) is 42.7 Å². The number of rotatable bonds is 5. The standard InChI is InChI=1S/C17H28N2O/c1-13(2)14-4-6-15(7-5-14)17(20)12-18-16-8-10-19(3)11-9-16/h4-7,13,16-18,20H,8-12H2,1-3H3. The summed E-state index contributed by atoms with van der Waals surface area (Å²) in [4.78, 5) is 2.36. The van der Waals surface area contributed by atoms with Crippen molar-refractivity contribution in [2.45, 2.75) is 44.8 Å². The van der Waals surface area contributed by atoms with Gasteiger partial charge in [0.1, 0.15) is 0 Å². The lowest BCUT2D eigenvalue weighted by Gasteiger charge is -2.30. The maximum absolute atomic E-state index is 10.3. The van der Waals surface area contributed by atoms with Crippen LogP contribution in [0.25, 0.3) is 0 Å². The lowest BCUT2D eigenvalue weighted by atomic mass is 9.99. The van der Waals surface area contributed by atoms with E-state index in [1.54, 1.807) is 0 Å². The fourth-order valence-corrected chi connectivity index (χ4v) is 2.71. The molecule has 0 amide bonds. The van der Waals surface area contributed by atoms with Gasteiger partial charge in [-0.3, -0.25) is 0 Å². The molecule has 1 heterocycles. The molecule has 112 valence electrons. The first-order valence-electron chi connectivity index (χ1n) is 7.76. The summed E-state index contributed by atoms with van der Waals surface area (Å²) in [6.07, 6.45) is 1.95. The van der Waals surface area contributed by atoms with Gasteiger partial charge >= 0.3 is 0 Å². The van der Waals surface area contributed by atoms with E-state index >= 15 is 0 Å². The number of benzene rings is 1. The molecule has 1 unspecified atom stereocenters. The van der Waals surface area contributed by atoms with Gasteiger partial charge in [-0.2, -0.15) is 0 Å². The molecule has 0 aliphatic carbocycles. The van der Waals surface area contributed by atoms with Gasteiger partial charge in [-0.25, -0.2) is 0 Å². The van der Waals surface area contributed by atoms with E-state index in [4.69, 9.17) is 0 Å². The Labute approximate surface area is 123 Å². The highest BCUT2D eigenvalue weighted by atomic mass is 16.3. The number of piperidine rings is 1. The fourth-order valence-electron chi connectivity index (χ4n) is 2.71. The predicted molar refractivity (Wildman–Crippen MR) is 84.0 cm³/mol. The summed E-state index contributed by atoms with van der Waals surface area (Å²) < 4.78 is 0. The van der Waals surface area contributed by atoms with Gasteiger partial charge in [-0.1, -0.05) is 38.1 Å². The summed E-state index contributed by atoms with van der Waals surface area (Å²) in [6.45, 7) is 7.32. The predicted octanol–water partition coefficient (Wildman–Crippen LogP) is 2.53. The van der Waals surface area contributed by atoms with E-state index < -0.39 is 6.10 Å². The molecule has 1 fully saturated rings. The van der Waals surface area contributed by atoms with Gasteiger partial charge in [0.15, 0.2) is 0 Å². The normalized spacial score (nSPS) is 19.4. The van der Waals surface area contributed by atoms with Crippen molar-refractivity contribution in [3.05, 3.63) is 35.4 Å². The Kier molecular flexibility index (Phi) is 5.58. The molecule has 0 bridgehead atoms. The van der Waals surface area contributed by atoms with Crippen molar-refractivity contribution in [1.82, 2.24) is 10.2 Å². The Morgan fingerprint density at radius 2 is 1.70 bits per heavy atom. The van der Waals surface area contributed by atoms with Crippen molar-refractivity contribution in [3.63, 3.8) is 0 Å². The van der Waals surface area contributed by atoms with Crippen LogP contribution in [0, 0.1) is 0 Å². The van der Waals surface area contributed by atoms with Crippen LogP contribution < -0.4 is 5.32 Å². The molecule has 2 rings (SSSR count). The third-order valence-corrected chi connectivity index (χ3v) is 4.31. The van der Waals surface area contributed by atoms with E-state index in [1.807, 2.05) is 0 Å². The van der Waals surface area contributed by atoms with Gasteiger partial charge in [0.2, 0.25) is 0 Å². The van der Waals surface area contributed by atoms with Crippen LogP contribution in [0.15, 0.2) is 24.3 Å². The maximum Gasteiger partial charge on any atom is 0.0914 e. The zero-order chi connectivity index (χ0) is 14.5. The van der Waals surface area contributed by atoms with E-state index in [9.17, 15) is 5.11 Å². The first-order valence-corrected chi connectivity index (χ1v) is 7.76. The monoisotopic (exact) mass is 276 g/mol. The SMILES string of the molecule is CC(C)c1ccc(C(O)CNC2CCN(C)CC2)cc1. The molecule has 20 heavy (non-hydrogen) atoms. The van der Waals surface area contributed by atoms with Gasteiger partial charge in [0, 0.05) is 12.6 Å². The van der Waals surface area contributed by atoms with Crippen LogP contribution in [0.4, 0.5) is 0 Å². The minimum Gasteiger partial charge on any atom is -0.387 e. The third kappa shape index (κ3) is 4.30. The topological polar surface area (TPSA) is 35.5 Å². The first kappa shape index (κ1) is 15.5. The highest BCUT2D eigenvalue weighted by Gasteiger charge is 2.17. The number of hydrogen-bond donors (Lipinski definition) is 2. The van der Waals surface area contributed by atoms with Crippen LogP contribution in [-0.2, 0) is 0 Å². The number of hydrogen-bond acceptors (Lipinski definition) is 3. The summed E-state index contributed by atoms with van der Waals surface area (Å²) >= 11 is 0. The molecular formula is C17H28N2O. The van der Waals surface area contributed by atoms with E-state index in [2.05, 4.69) is 55.4 Å². The van der Waals surface area contributed by atoms with Gasteiger partial charge in [-0.05, 0) is 50.0 Å². The van der Waals surface area contributed by atoms with Crippen molar-refractivity contribution in [1.29, 1.82) is 0 Å². The Bertz CT molecular complexity index is 394. The van der Waals surface area contributed by atoms with E-state index in [1.165, 1.54) is 18.4 Å². The summed E-state index contributed by atoms with van der Waals surface area (Å²) in [5.41, 5.74) is 2.33. The maximum atomic E-state index is 10.3. The molecule has 1 saturated heterocycles. The highest BCUT2D eigenvalue weighted by Crippen LogP contribution is 2.19. The van der Waals surface area contributed by atoms with Crippen LogP contribution in [0.1, 0.15) is 49.8 Å². The lowest BCUT2D eigenvalue weighted by Crippen LogP contribution is -2.42.